The number of carbonyl (C=O) groups is 3. The lowest BCUT2D eigenvalue weighted by molar-refractivity contribution is -0.199. The van der Waals surface area contributed by atoms with Gasteiger partial charge in [-0.05, 0) is 37.0 Å². The Kier molecular flexibility index (Phi) is 6.70. The normalized spacial score (nSPS) is 25.3. The largest absolute Gasteiger partial charge is 0.480 e. The second-order valence-corrected chi connectivity index (χ2v) is 11.7. The lowest BCUT2D eigenvalue weighted by Gasteiger charge is -2.28. The van der Waals surface area contributed by atoms with E-state index < -0.39 is 104 Å². The van der Waals surface area contributed by atoms with Gasteiger partial charge in [0.25, 0.3) is 0 Å². The summed E-state index contributed by atoms with van der Waals surface area (Å²) in [6, 6.07) is -0.0147. The number of carboxylic acid groups (broad SMARTS) is 1. The van der Waals surface area contributed by atoms with Gasteiger partial charge in [-0.2, -0.15) is 26.3 Å². The number of aliphatic imine (C=N–C) groups is 1. The van der Waals surface area contributed by atoms with Crippen molar-refractivity contribution < 1.29 is 54.3 Å². The monoisotopic (exact) mass is 586 g/mol. The van der Waals surface area contributed by atoms with Crippen LogP contribution in [0.15, 0.2) is 40.4 Å². The number of alkyl halides is 6. The quantitative estimate of drug-likeness (QED) is 0.526. The molecule has 1 saturated heterocycles. The van der Waals surface area contributed by atoms with E-state index in [1.807, 2.05) is 0 Å². The lowest BCUT2D eigenvalue weighted by atomic mass is 9.92. The van der Waals surface area contributed by atoms with Crippen LogP contribution in [-0.2, 0) is 30.4 Å². The van der Waals surface area contributed by atoms with Crippen molar-refractivity contribution in [2.45, 2.75) is 53.7 Å². The molecule has 0 radical (unpaired) electrons. The summed E-state index contributed by atoms with van der Waals surface area (Å²) >= 11 is 5.65. The van der Waals surface area contributed by atoms with E-state index in [0.717, 1.165) is 18.3 Å². The Morgan fingerprint density at radius 2 is 1.76 bits per heavy atom. The summed E-state index contributed by atoms with van der Waals surface area (Å²) in [4.78, 5) is 39.2. The van der Waals surface area contributed by atoms with Gasteiger partial charge in [-0.25, -0.2) is 18.2 Å². The number of halogens is 7. The van der Waals surface area contributed by atoms with Gasteiger partial charge >= 0.3 is 18.3 Å². The third kappa shape index (κ3) is 4.59. The predicted octanol–water partition coefficient (Wildman–Crippen LogP) is 3.69. The number of carbonyl (C=O) groups excluding carboxylic acids is 2. The van der Waals surface area contributed by atoms with Crippen molar-refractivity contribution in [1.82, 2.24) is 4.90 Å². The van der Waals surface area contributed by atoms with E-state index in [-0.39, 0.29) is 10.5 Å². The highest BCUT2D eigenvalue weighted by Crippen LogP contribution is 2.59. The van der Waals surface area contributed by atoms with Gasteiger partial charge in [0.2, 0.25) is 11.7 Å². The van der Waals surface area contributed by atoms with E-state index in [4.69, 9.17) is 11.6 Å². The third-order valence-corrected chi connectivity index (χ3v) is 9.35. The topological polar surface area (TPSA) is 121 Å². The SMILES string of the molecule is O=C1C(Cl)=NC=CC1c1ccc(S(=O)(=O)[C@@H]2C[C@@H](C(=O)O)N(C(=O)C3(C(F)(F)F)CC3)C2)c(C(F)(F)F)c1. The maximum Gasteiger partial charge on any atom is 0.417 e. The first-order valence-electron chi connectivity index (χ1n) is 10.9. The molecule has 3 aliphatic rings. The highest BCUT2D eigenvalue weighted by atomic mass is 35.5. The Labute approximate surface area is 215 Å². The van der Waals surface area contributed by atoms with E-state index in [0.29, 0.717) is 12.1 Å². The van der Waals surface area contributed by atoms with E-state index in [2.05, 4.69) is 4.99 Å². The summed E-state index contributed by atoms with van der Waals surface area (Å²) in [5, 5.41) is 7.05. The van der Waals surface area contributed by atoms with Gasteiger partial charge in [-0.1, -0.05) is 23.7 Å². The summed E-state index contributed by atoms with van der Waals surface area (Å²) in [5.74, 6) is -5.53. The molecule has 1 unspecified atom stereocenters. The molecule has 0 aromatic heterocycles. The van der Waals surface area contributed by atoms with Crippen molar-refractivity contribution >= 4 is 44.3 Å². The van der Waals surface area contributed by atoms with Gasteiger partial charge in [0.15, 0.2) is 15.0 Å². The second kappa shape index (κ2) is 9.07. The average Bonchev–Trinajstić information content (AvgIpc) is 3.51. The fraction of sp³-hybridized carbons (Fsp3) is 0.455. The summed E-state index contributed by atoms with van der Waals surface area (Å²) in [6.07, 6.45) is -10.2. The van der Waals surface area contributed by atoms with E-state index in [9.17, 15) is 54.3 Å². The van der Waals surface area contributed by atoms with E-state index >= 15 is 0 Å². The molecule has 8 nitrogen and oxygen atoms in total. The Bertz CT molecular complexity index is 1380. The maximum absolute atomic E-state index is 14.0. The first-order chi connectivity index (χ1) is 17.4. The van der Waals surface area contributed by atoms with Crippen LogP contribution in [0.4, 0.5) is 26.3 Å². The van der Waals surface area contributed by atoms with Crippen LogP contribution in [0, 0.1) is 5.41 Å². The van der Waals surface area contributed by atoms with Crippen molar-refractivity contribution in [2.75, 3.05) is 6.54 Å². The molecule has 1 amide bonds. The van der Waals surface area contributed by atoms with Crippen LogP contribution in [-0.4, -0.2) is 65.3 Å². The van der Waals surface area contributed by atoms with Gasteiger partial charge in [-0.15, -0.1) is 0 Å². The lowest BCUT2D eigenvalue weighted by Crippen LogP contribution is -2.48. The average molecular weight is 587 g/mol. The predicted molar refractivity (Wildman–Crippen MR) is 118 cm³/mol. The Hall–Kier alpha value is -2.94. The number of hydrogen-bond acceptors (Lipinski definition) is 6. The Balaban J connectivity index is 1.72. The van der Waals surface area contributed by atoms with Gasteiger partial charge < -0.3 is 10.0 Å². The molecular weight excluding hydrogens is 570 g/mol. The van der Waals surface area contributed by atoms with Crippen LogP contribution in [0.3, 0.4) is 0 Å². The molecule has 1 aliphatic carbocycles. The minimum Gasteiger partial charge on any atom is -0.480 e. The molecule has 0 bridgehead atoms. The molecule has 206 valence electrons. The number of benzene rings is 1. The highest BCUT2D eigenvalue weighted by Gasteiger charge is 2.70. The molecule has 0 spiro atoms. The van der Waals surface area contributed by atoms with Crippen molar-refractivity contribution in [3.8, 4) is 0 Å². The number of aliphatic carboxylic acids is 1. The Morgan fingerprint density at radius 1 is 1.13 bits per heavy atom. The van der Waals surface area contributed by atoms with E-state index in [1.54, 1.807) is 0 Å². The van der Waals surface area contributed by atoms with Crippen molar-refractivity contribution in [1.29, 1.82) is 0 Å². The zero-order valence-electron chi connectivity index (χ0n) is 18.9. The van der Waals surface area contributed by atoms with Crippen molar-refractivity contribution in [3.05, 3.63) is 41.6 Å². The number of amides is 1. The van der Waals surface area contributed by atoms with Gasteiger partial charge in [-0.3, -0.25) is 9.59 Å². The van der Waals surface area contributed by atoms with Gasteiger partial charge in [0.05, 0.1) is 21.6 Å². The number of rotatable bonds is 5. The molecule has 1 N–H and O–H groups in total. The zero-order chi connectivity index (χ0) is 28.4. The van der Waals surface area contributed by atoms with Crippen LogP contribution in [0.5, 0.6) is 0 Å². The molecule has 3 atom stereocenters. The minimum atomic E-state index is -5.26. The molecule has 2 fully saturated rings. The number of Topliss-reactive ketones (excluding diaryl/α,β-unsaturated/α-hetero) is 1. The molecule has 2 heterocycles. The van der Waals surface area contributed by atoms with Crippen LogP contribution >= 0.6 is 11.6 Å². The molecule has 38 heavy (non-hydrogen) atoms. The number of ketones is 1. The molecule has 1 aromatic rings. The summed E-state index contributed by atoms with van der Waals surface area (Å²) in [7, 11) is -5.03. The minimum absolute atomic E-state index is 0.252. The molecule has 16 heteroatoms. The first kappa shape index (κ1) is 28.1. The van der Waals surface area contributed by atoms with Gasteiger partial charge in [0.1, 0.15) is 11.5 Å². The zero-order valence-corrected chi connectivity index (χ0v) is 20.5. The van der Waals surface area contributed by atoms with Crippen molar-refractivity contribution in [2.24, 2.45) is 10.4 Å². The number of allylic oxidation sites excluding steroid dienone is 1. The standard InChI is InChI=1S/C22H17ClF6N2O6S/c23-17-16(32)12(3-6-30-17)10-1-2-15(13(7-10)21(24,25)26)38(36,37)11-8-14(18(33)34)31(9-11)19(35)20(4-5-20)22(27,28)29/h1-3,6-7,11-12,14H,4-5,8-9H2,(H,33,34)/t11-,12?,14+/m1/s1. The highest BCUT2D eigenvalue weighted by molar-refractivity contribution is 7.92. The first-order valence-corrected chi connectivity index (χ1v) is 12.8. The number of carboxylic acids is 1. The van der Waals surface area contributed by atoms with E-state index in [1.165, 1.54) is 0 Å². The Morgan fingerprint density at radius 3 is 2.29 bits per heavy atom. The summed E-state index contributed by atoms with van der Waals surface area (Å²) in [6.45, 7) is -1.04. The molecule has 1 saturated carbocycles. The van der Waals surface area contributed by atoms with Crippen molar-refractivity contribution in [3.63, 3.8) is 0 Å². The smallest absolute Gasteiger partial charge is 0.417 e. The number of nitrogens with zero attached hydrogens (tertiary/aromatic N) is 2. The number of hydrogen-bond donors (Lipinski definition) is 1. The number of likely N-dealkylation sites (tertiary alicyclic amines) is 1. The fourth-order valence-corrected chi connectivity index (χ4v) is 6.69. The molecular formula is C22H17ClF6N2O6S. The summed E-state index contributed by atoms with van der Waals surface area (Å²) < 4.78 is 109. The number of sulfone groups is 1. The molecule has 4 rings (SSSR count). The van der Waals surface area contributed by atoms with Crippen LogP contribution in [0.2, 0.25) is 0 Å². The second-order valence-electron chi connectivity index (χ2n) is 9.15. The summed E-state index contributed by atoms with van der Waals surface area (Å²) in [5.41, 5.74) is -4.76. The van der Waals surface area contributed by atoms with Crippen LogP contribution in [0.1, 0.15) is 36.3 Å². The molecule has 1 aromatic carbocycles. The van der Waals surface area contributed by atoms with Crippen LogP contribution in [0.25, 0.3) is 0 Å². The van der Waals surface area contributed by atoms with Gasteiger partial charge in [0, 0.05) is 12.7 Å². The fourth-order valence-electron chi connectivity index (χ4n) is 4.63. The maximum atomic E-state index is 14.0. The third-order valence-electron chi connectivity index (χ3n) is 6.88. The van der Waals surface area contributed by atoms with Crippen LogP contribution < -0.4 is 0 Å². The molecule has 2 aliphatic heterocycles.